The highest BCUT2D eigenvalue weighted by molar-refractivity contribution is 6.28. The van der Waals surface area contributed by atoms with E-state index in [0.717, 1.165) is 45.0 Å². The van der Waals surface area contributed by atoms with Gasteiger partial charge in [0, 0.05) is 22.3 Å². The lowest BCUT2D eigenvalue weighted by molar-refractivity contribution is 1.32. The van der Waals surface area contributed by atoms with E-state index >= 15 is 0 Å². The zero-order chi connectivity index (χ0) is 34.4. The van der Waals surface area contributed by atoms with E-state index in [9.17, 15) is 0 Å². The van der Waals surface area contributed by atoms with Gasteiger partial charge in [0.25, 0.3) is 0 Å². The average Bonchev–Trinajstić information content (AvgIpc) is 3.23. The van der Waals surface area contributed by atoms with Crippen LogP contribution in [-0.4, -0.2) is 9.97 Å². The summed E-state index contributed by atoms with van der Waals surface area (Å²) in [5, 5.41) is 7.68. The van der Waals surface area contributed by atoms with E-state index in [2.05, 4.69) is 182 Å². The first-order chi connectivity index (χ1) is 25.8. The van der Waals surface area contributed by atoms with E-state index in [4.69, 9.17) is 9.97 Å². The molecular weight excluding hydrogens is 629 g/mol. The zero-order valence-corrected chi connectivity index (χ0v) is 28.4. The quantitative estimate of drug-likeness (QED) is 0.166. The molecule has 0 aliphatic carbocycles. The summed E-state index contributed by atoms with van der Waals surface area (Å²) < 4.78 is 0. The van der Waals surface area contributed by atoms with Gasteiger partial charge in [0.1, 0.15) is 0 Å². The van der Waals surface area contributed by atoms with Gasteiger partial charge in [0.2, 0.25) is 0 Å². The molecule has 2 heterocycles. The summed E-state index contributed by atoms with van der Waals surface area (Å²) in [6.45, 7) is 0. The van der Waals surface area contributed by atoms with Gasteiger partial charge >= 0.3 is 0 Å². The number of aromatic nitrogens is 2. The van der Waals surface area contributed by atoms with Crippen LogP contribution in [0.5, 0.6) is 0 Å². The van der Waals surface area contributed by atoms with Crippen molar-refractivity contribution in [3.63, 3.8) is 0 Å². The van der Waals surface area contributed by atoms with Crippen LogP contribution in [0.2, 0.25) is 0 Å². The Bertz CT molecular complexity index is 2670. The van der Waals surface area contributed by atoms with Crippen LogP contribution in [0, 0.1) is 0 Å². The van der Waals surface area contributed by atoms with Crippen LogP contribution >= 0.6 is 0 Å². The van der Waals surface area contributed by atoms with Crippen LogP contribution in [0.15, 0.2) is 194 Å². The molecule has 2 heteroatoms. The van der Waals surface area contributed by atoms with Gasteiger partial charge in [-0.25, -0.2) is 9.97 Å². The van der Waals surface area contributed by atoms with Gasteiger partial charge in [-0.05, 0) is 84.9 Å². The van der Waals surface area contributed by atoms with Gasteiger partial charge in [-0.1, -0.05) is 164 Å². The fourth-order valence-corrected chi connectivity index (χ4v) is 7.68. The van der Waals surface area contributed by atoms with Crippen molar-refractivity contribution in [2.75, 3.05) is 0 Å². The third kappa shape index (κ3) is 5.21. The molecule has 2 aromatic heterocycles. The van der Waals surface area contributed by atoms with Crippen LogP contribution in [0.4, 0.5) is 0 Å². The van der Waals surface area contributed by atoms with Crippen molar-refractivity contribution in [3.8, 4) is 67.3 Å². The van der Waals surface area contributed by atoms with Crippen molar-refractivity contribution in [3.05, 3.63) is 194 Å². The second-order valence-electron chi connectivity index (χ2n) is 13.4. The third-order valence-corrected chi connectivity index (χ3v) is 10.3. The van der Waals surface area contributed by atoms with Crippen molar-refractivity contribution in [1.29, 1.82) is 0 Å². The van der Waals surface area contributed by atoms with Crippen molar-refractivity contribution in [1.82, 2.24) is 9.97 Å². The summed E-state index contributed by atoms with van der Waals surface area (Å²) in [7, 11) is 0. The molecule has 0 spiro atoms. The monoisotopic (exact) mass is 660 g/mol. The zero-order valence-electron chi connectivity index (χ0n) is 28.4. The van der Waals surface area contributed by atoms with Crippen LogP contribution < -0.4 is 0 Å². The predicted octanol–water partition coefficient (Wildman–Crippen LogP) is 13.4. The van der Waals surface area contributed by atoms with E-state index < -0.39 is 0 Å². The molecule has 10 aromatic rings. The van der Waals surface area contributed by atoms with E-state index in [0.29, 0.717) is 0 Å². The summed E-state index contributed by atoms with van der Waals surface area (Å²) >= 11 is 0. The summed E-state index contributed by atoms with van der Waals surface area (Å²) in [4.78, 5) is 10.0. The number of hydrogen-bond donors (Lipinski definition) is 0. The Labute approximate surface area is 302 Å². The largest absolute Gasteiger partial charge is 0.248 e. The normalized spacial score (nSPS) is 11.5. The Morgan fingerprint density at radius 1 is 0.250 bits per heavy atom. The minimum atomic E-state index is 0.966. The van der Waals surface area contributed by atoms with Crippen LogP contribution in [-0.2, 0) is 0 Å². The van der Waals surface area contributed by atoms with Gasteiger partial charge < -0.3 is 0 Å². The van der Waals surface area contributed by atoms with Gasteiger partial charge in [-0.2, -0.15) is 0 Å². The first-order valence-electron chi connectivity index (χ1n) is 17.7. The molecule has 242 valence electrons. The highest BCUT2D eigenvalue weighted by atomic mass is 14.7. The maximum absolute atomic E-state index is 5.02. The molecule has 0 aliphatic rings. The molecule has 0 radical (unpaired) electrons. The number of hydrogen-bond acceptors (Lipinski definition) is 2. The minimum absolute atomic E-state index is 0.966. The van der Waals surface area contributed by atoms with Crippen molar-refractivity contribution >= 4 is 32.3 Å². The molecule has 0 N–H and O–H groups in total. The third-order valence-electron chi connectivity index (χ3n) is 10.3. The average molecular weight is 661 g/mol. The van der Waals surface area contributed by atoms with Gasteiger partial charge in [-0.15, -0.1) is 0 Å². The number of benzene rings is 8. The van der Waals surface area contributed by atoms with Crippen LogP contribution in [0.1, 0.15) is 0 Å². The first kappa shape index (κ1) is 30.0. The maximum atomic E-state index is 5.02. The Morgan fingerprint density at radius 2 is 0.615 bits per heavy atom. The van der Waals surface area contributed by atoms with Crippen molar-refractivity contribution in [2.24, 2.45) is 0 Å². The summed E-state index contributed by atoms with van der Waals surface area (Å²) in [6, 6.07) is 69.2. The molecule has 0 fully saturated rings. The number of nitrogens with zero attached hydrogens (tertiary/aromatic N) is 2. The molecule has 8 aromatic carbocycles. The van der Waals surface area contributed by atoms with E-state index in [-0.39, 0.29) is 0 Å². The van der Waals surface area contributed by atoms with E-state index in [1.165, 1.54) is 54.6 Å². The molecule has 0 amide bonds. The standard InChI is InChI=1S/C50H32N2/c1-3-10-35(11-4-1)45-16-8-18-47(51-45)37-24-20-33(21-25-37)43-32-44(42-31-29-40-15-7-14-39-28-30-41(43)50(42)49(39)40)34-22-26-38(27-23-34)48-19-9-17-46(52-48)36-12-5-2-6-13-36/h1-32H. The predicted molar refractivity (Wildman–Crippen MR) is 218 cm³/mol. The summed E-state index contributed by atoms with van der Waals surface area (Å²) in [5.41, 5.74) is 13.1. The fourth-order valence-electron chi connectivity index (χ4n) is 7.68. The number of rotatable bonds is 6. The molecule has 0 unspecified atom stereocenters. The highest BCUT2D eigenvalue weighted by Gasteiger charge is 2.17. The van der Waals surface area contributed by atoms with Gasteiger partial charge in [-0.3, -0.25) is 0 Å². The molecule has 0 atom stereocenters. The second kappa shape index (κ2) is 12.5. The summed E-state index contributed by atoms with van der Waals surface area (Å²) in [6.07, 6.45) is 0. The first-order valence-corrected chi connectivity index (χ1v) is 17.7. The number of pyridine rings is 2. The highest BCUT2D eigenvalue weighted by Crippen LogP contribution is 2.44. The van der Waals surface area contributed by atoms with Gasteiger partial charge in [0.05, 0.1) is 22.8 Å². The topological polar surface area (TPSA) is 25.8 Å². The molecule has 2 nitrogen and oxygen atoms in total. The van der Waals surface area contributed by atoms with Gasteiger partial charge in [0.15, 0.2) is 0 Å². The fraction of sp³-hybridized carbons (Fsp3) is 0. The van der Waals surface area contributed by atoms with Crippen molar-refractivity contribution < 1.29 is 0 Å². The Morgan fingerprint density at radius 3 is 1.04 bits per heavy atom. The minimum Gasteiger partial charge on any atom is -0.248 e. The maximum Gasteiger partial charge on any atom is 0.0709 e. The van der Waals surface area contributed by atoms with E-state index in [1.54, 1.807) is 0 Å². The molecule has 10 rings (SSSR count). The molecule has 0 bridgehead atoms. The van der Waals surface area contributed by atoms with E-state index in [1.807, 2.05) is 12.1 Å². The van der Waals surface area contributed by atoms with Crippen molar-refractivity contribution in [2.45, 2.75) is 0 Å². The molecular formula is C50H32N2. The SMILES string of the molecule is c1ccc(-c2cccc(-c3ccc(-c4cc(-c5ccc(-c6cccc(-c7ccccc7)n6)cc5)c5ccc6cccc7ccc4c5c76)cc3)n2)cc1. The smallest absolute Gasteiger partial charge is 0.0709 e. The Hall–Kier alpha value is -6.90. The lowest BCUT2D eigenvalue weighted by atomic mass is 9.85. The molecule has 0 aliphatic heterocycles. The van der Waals surface area contributed by atoms with Crippen LogP contribution in [0.3, 0.4) is 0 Å². The Balaban J connectivity index is 1.09. The molecule has 52 heavy (non-hydrogen) atoms. The van der Waals surface area contributed by atoms with Crippen LogP contribution in [0.25, 0.3) is 99.6 Å². The molecule has 0 saturated heterocycles. The Kier molecular flexibility index (Phi) is 7.18. The lowest BCUT2D eigenvalue weighted by Gasteiger charge is -2.18. The second-order valence-corrected chi connectivity index (χ2v) is 13.4. The summed E-state index contributed by atoms with van der Waals surface area (Å²) in [5.74, 6) is 0. The lowest BCUT2D eigenvalue weighted by Crippen LogP contribution is -1.92. The molecule has 0 saturated carbocycles.